The number of halogens is 1. The largest absolute Gasteiger partial charge is 0.490 e. The van der Waals surface area contributed by atoms with Gasteiger partial charge in [0.1, 0.15) is 0 Å². The summed E-state index contributed by atoms with van der Waals surface area (Å²) in [6, 6.07) is 10.5. The predicted octanol–water partition coefficient (Wildman–Crippen LogP) is 4.95. The summed E-state index contributed by atoms with van der Waals surface area (Å²) in [5.74, 6) is 0.514. The Balaban J connectivity index is 2.12. The van der Waals surface area contributed by atoms with Gasteiger partial charge in [0.15, 0.2) is 11.5 Å². The van der Waals surface area contributed by atoms with Crippen LogP contribution in [0.3, 0.4) is 0 Å². The summed E-state index contributed by atoms with van der Waals surface area (Å²) in [5, 5.41) is 12.2. The summed E-state index contributed by atoms with van der Waals surface area (Å²) in [5.41, 5.74) is 2.14. The fourth-order valence-electron chi connectivity index (χ4n) is 2.23. The van der Waals surface area contributed by atoms with Crippen molar-refractivity contribution in [1.82, 2.24) is 0 Å². The van der Waals surface area contributed by atoms with E-state index in [0.717, 1.165) is 33.6 Å². The highest BCUT2D eigenvalue weighted by Crippen LogP contribution is 2.34. The van der Waals surface area contributed by atoms with Gasteiger partial charge in [-0.05, 0) is 55.3 Å². The summed E-state index contributed by atoms with van der Waals surface area (Å²) < 4.78 is 12.4. The molecule has 2 N–H and O–H groups in total. The van der Waals surface area contributed by atoms with Crippen LogP contribution >= 0.6 is 15.9 Å². The molecule has 25 heavy (non-hydrogen) atoms. The Hall–Kier alpha value is -2.21. The van der Waals surface area contributed by atoms with E-state index in [1.54, 1.807) is 24.3 Å². The molecule has 0 fully saturated rings. The predicted molar refractivity (Wildman–Crippen MR) is 102 cm³/mol. The van der Waals surface area contributed by atoms with Crippen LogP contribution in [0.4, 0.5) is 5.69 Å². The first-order valence-electron chi connectivity index (χ1n) is 8.20. The van der Waals surface area contributed by atoms with Gasteiger partial charge in [-0.15, -0.1) is 0 Å². The third kappa shape index (κ3) is 5.39. The molecule has 0 aliphatic carbocycles. The number of aromatic carboxylic acids is 1. The number of nitrogens with one attached hydrogen (secondary N) is 1. The zero-order valence-corrected chi connectivity index (χ0v) is 15.9. The molecule has 0 bridgehead atoms. The topological polar surface area (TPSA) is 67.8 Å². The van der Waals surface area contributed by atoms with Gasteiger partial charge in [-0.3, -0.25) is 0 Å². The van der Waals surface area contributed by atoms with Gasteiger partial charge in [-0.25, -0.2) is 4.79 Å². The Morgan fingerprint density at radius 3 is 2.40 bits per heavy atom. The average Bonchev–Trinajstić information content (AvgIpc) is 2.61. The number of carboxylic acid groups (broad SMARTS) is 1. The van der Waals surface area contributed by atoms with Gasteiger partial charge in [-0.2, -0.15) is 0 Å². The van der Waals surface area contributed by atoms with Crippen molar-refractivity contribution in [1.29, 1.82) is 0 Å². The van der Waals surface area contributed by atoms with E-state index in [0.29, 0.717) is 19.8 Å². The van der Waals surface area contributed by atoms with E-state index in [1.165, 1.54) is 0 Å². The van der Waals surface area contributed by atoms with Crippen molar-refractivity contribution in [2.45, 2.75) is 26.8 Å². The van der Waals surface area contributed by atoms with E-state index in [2.05, 4.69) is 28.2 Å². The first-order chi connectivity index (χ1) is 12.0. The fourth-order valence-corrected chi connectivity index (χ4v) is 2.70. The lowest BCUT2D eigenvalue weighted by Gasteiger charge is -2.15. The van der Waals surface area contributed by atoms with Crippen LogP contribution in [0.2, 0.25) is 0 Å². The van der Waals surface area contributed by atoms with Crippen molar-refractivity contribution < 1.29 is 19.4 Å². The maximum atomic E-state index is 10.9. The van der Waals surface area contributed by atoms with E-state index in [-0.39, 0.29) is 5.56 Å². The molecule has 0 aromatic heterocycles. The van der Waals surface area contributed by atoms with Crippen LogP contribution in [0, 0.1) is 0 Å². The van der Waals surface area contributed by atoms with E-state index < -0.39 is 5.97 Å². The molecule has 2 rings (SSSR count). The molecule has 0 atom stereocenters. The number of hydrogen-bond acceptors (Lipinski definition) is 4. The minimum Gasteiger partial charge on any atom is -0.490 e. The van der Waals surface area contributed by atoms with Crippen LogP contribution in [0.15, 0.2) is 40.9 Å². The summed E-state index contributed by atoms with van der Waals surface area (Å²) in [7, 11) is 0. The normalized spacial score (nSPS) is 10.4. The molecule has 0 heterocycles. The number of hydrogen-bond donors (Lipinski definition) is 2. The summed E-state index contributed by atoms with van der Waals surface area (Å²) in [6.07, 6.45) is 0.929. The maximum Gasteiger partial charge on any atom is 0.335 e. The monoisotopic (exact) mass is 407 g/mol. The second kappa shape index (κ2) is 9.32. The van der Waals surface area contributed by atoms with Gasteiger partial charge in [0.25, 0.3) is 0 Å². The SMILES string of the molecule is CCCOc1cc(Br)c(CNc2ccc(C(=O)O)cc2)cc1OCC. The average molecular weight is 408 g/mol. The summed E-state index contributed by atoms with van der Waals surface area (Å²) >= 11 is 3.58. The third-order valence-corrected chi connectivity index (χ3v) is 4.23. The van der Waals surface area contributed by atoms with Gasteiger partial charge in [0.2, 0.25) is 0 Å². The molecule has 0 aliphatic rings. The Kier molecular flexibility index (Phi) is 7.13. The van der Waals surface area contributed by atoms with E-state index in [4.69, 9.17) is 14.6 Å². The Morgan fingerprint density at radius 1 is 1.12 bits per heavy atom. The van der Waals surface area contributed by atoms with Crippen LogP contribution in [0.5, 0.6) is 11.5 Å². The highest BCUT2D eigenvalue weighted by molar-refractivity contribution is 9.10. The molecule has 0 saturated carbocycles. The van der Waals surface area contributed by atoms with Gasteiger partial charge in [-0.1, -0.05) is 22.9 Å². The third-order valence-electron chi connectivity index (χ3n) is 3.49. The number of anilines is 1. The van der Waals surface area contributed by atoms with Crippen LogP contribution < -0.4 is 14.8 Å². The zero-order chi connectivity index (χ0) is 18.2. The maximum absolute atomic E-state index is 10.9. The van der Waals surface area contributed by atoms with E-state index in [1.807, 2.05) is 19.1 Å². The van der Waals surface area contributed by atoms with Gasteiger partial charge in [0.05, 0.1) is 18.8 Å². The van der Waals surface area contributed by atoms with E-state index >= 15 is 0 Å². The lowest BCUT2D eigenvalue weighted by molar-refractivity contribution is 0.0697. The van der Waals surface area contributed by atoms with E-state index in [9.17, 15) is 4.79 Å². The molecule has 0 spiro atoms. The van der Waals surface area contributed by atoms with Gasteiger partial charge >= 0.3 is 5.97 Å². The quantitative estimate of drug-likeness (QED) is 0.615. The van der Waals surface area contributed by atoms with Crippen molar-refractivity contribution in [3.05, 3.63) is 52.0 Å². The van der Waals surface area contributed by atoms with Crippen molar-refractivity contribution in [2.24, 2.45) is 0 Å². The lowest BCUT2D eigenvalue weighted by atomic mass is 10.1. The van der Waals surface area contributed by atoms with Crippen LogP contribution in [0.25, 0.3) is 0 Å². The molecule has 0 radical (unpaired) electrons. The van der Waals surface area contributed by atoms with Crippen molar-refractivity contribution >= 4 is 27.6 Å². The minimum absolute atomic E-state index is 0.266. The standard InChI is InChI=1S/C19H22BrNO4/c1-3-9-25-18-11-16(20)14(10-17(18)24-4-2)12-21-15-7-5-13(6-8-15)19(22)23/h5-8,10-11,21H,3-4,9,12H2,1-2H3,(H,22,23). The molecule has 2 aromatic rings. The van der Waals surface area contributed by atoms with Crippen LogP contribution in [-0.2, 0) is 6.54 Å². The number of carboxylic acids is 1. The molecule has 0 amide bonds. The second-order valence-electron chi connectivity index (χ2n) is 5.41. The second-order valence-corrected chi connectivity index (χ2v) is 6.26. The smallest absolute Gasteiger partial charge is 0.335 e. The molecular weight excluding hydrogens is 386 g/mol. The van der Waals surface area contributed by atoms with Gasteiger partial charge < -0.3 is 19.9 Å². The first kappa shape index (κ1) is 19.1. The minimum atomic E-state index is -0.932. The Labute approximate surface area is 156 Å². The van der Waals surface area contributed by atoms with Crippen LogP contribution in [0.1, 0.15) is 36.2 Å². The fraction of sp³-hybridized carbons (Fsp3) is 0.316. The molecule has 6 heteroatoms. The molecular formula is C19H22BrNO4. The Morgan fingerprint density at radius 2 is 1.80 bits per heavy atom. The zero-order valence-electron chi connectivity index (χ0n) is 14.3. The van der Waals surface area contributed by atoms with Crippen LogP contribution in [-0.4, -0.2) is 24.3 Å². The molecule has 0 saturated heterocycles. The first-order valence-corrected chi connectivity index (χ1v) is 8.99. The number of carbonyl (C=O) groups is 1. The number of ether oxygens (including phenoxy) is 2. The number of rotatable bonds is 9. The molecule has 5 nitrogen and oxygen atoms in total. The highest BCUT2D eigenvalue weighted by Gasteiger charge is 2.11. The highest BCUT2D eigenvalue weighted by atomic mass is 79.9. The molecule has 2 aromatic carbocycles. The summed E-state index contributed by atoms with van der Waals surface area (Å²) in [6.45, 7) is 5.77. The van der Waals surface area contributed by atoms with Gasteiger partial charge in [0, 0.05) is 16.7 Å². The van der Waals surface area contributed by atoms with Crippen molar-refractivity contribution in [2.75, 3.05) is 18.5 Å². The van der Waals surface area contributed by atoms with Crippen molar-refractivity contribution in [3.8, 4) is 11.5 Å². The summed E-state index contributed by atoms with van der Waals surface area (Å²) in [4.78, 5) is 10.9. The molecule has 0 aliphatic heterocycles. The number of benzene rings is 2. The Bertz CT molecular complexity index is 716. The lowest BCUT2D eigenvalue weighted by Crippen LogP contribution is -2.04. The molecule has 134 valence electrons. The molecule has 0 unspecified atom stereocenters. The van der Waals surface area contributed by atoms with Crippen molar-refractivity contribution in [3.63, 3.8) is 0 Å².